The Hall–Kier alpha value is -3.74. The van der Waals surface area contributed by atoms with Gasteiger partial charge in [0.1, 0.15) is 5.75 Å². The van der Waals surface area contributed by atoms with Crippen LogP contribution in [0.5, 0.6) is 5.75 Å². The van der Waals surface area contributed by atoms with E-state index in [0.29, 0.717) is 25.6 Å². The molecule has 0 unspecified atom stereocenters. The normalized spacial score (nSPS) is 16.0. The number of carbonyl (C=O) groups excluding carboxylic acids is 1. The van der Waals surface area contributed by atoms with Crippen LogP contribution in [0.25, 0.3) is 21.7 Å². The van der Waals surface area contributed by atoms with Gasteiger partial charge in [-0.1, -0.05) is 18.2 Å². The van der Waals surface area contributed by atoms with Crippen LogP contribution in [0.3, 0.4) is 0 Å². The van der Waals surface area contributed by atoms with Crippen molar-refractivity contribution in [1.82, 2.24) is 19.9 Å². The molecule has 1 saturated heterocycles. The molecule has 7 heteroatoms. The summed E-state index contributed by atoms with van der Waals surface area (Å²) in [6.45, 7) is 6.66. The molecular formula is C28H31N5O2. The summed E-state index contributed by atoms with van der Waals surface area (Å²) in [6, 6.07) is 14.1. The predicted molar refractivity (Wildman–Crippen MR) is 139 cm³/mol. The molecule has 0 spiro atoms. The molecule has 3 heterocycles. The standard InChI is InChI=1S/C28H31N5O2/c1-4-35-23-10-11-26-25(15-23)19(2)30-28(31-26)33-14-6-9-22(18-33)27(34)32(3)17-21-8-5-7-20-16-29-13-12-24(20)21/h5,7-8,10-13,15-16,22H,4,6,9,14,17-18H2,1-3H3/t22-/m1/s1. The molecular weight excluding hydrogens is 438 g/mol. The Morgan fingerprint density at radius 2 is 2.06 bits per heavy atom. The van der Waals surface area contributed by atoms with Crippen molar-refractivity contribution < 1.29 is 9.53 Å². The number of benzene rings is 2. The quantitative estimate of drug-likeness (QED) is 0.405. The van der Waals surface area contributed by atoms with Gasteiger partial charge in [-0.15, -0.1) is 0 Å². The summed E-state index contributed by atoms with van der Waals surface area (Å²) in [5.74, 6) is 1.61. The van der Waals surface area contributed by atoms with E-state index in [0.717, 1.165) is 58.1 Å². The summed E-state index contributed by atoms with van der Waals surface area (Å²) in [6.07, 6.45) is 5.48. The fraction of sp³-hybridized carbons (Fsp3) is 0.357. The summed E-state index contributed by atoms with van der Waals surface area (Å²) in [5.41, 5.74) is 2.95. The van der Waals surface area contributed by atoms with Gasteiger partial charge in [0.25, 0.3) is 0 Å². The number of nitrogens with zero attached hydrogens (tertiary/aromatic N) is 5. The highest BCUT2D eigenvalue weighted by molar-refractivity contribution is 5.86. The molecule has 1 aliphatic rings. The number of ether oxygens (including phenoxy) is 1. The minimum absolute atomic E-state index is 0.0784. The molecule has 0 bridgehead atoms. The van der Waals surface area contributed by atoms with Crippen LogP contribution in [0.4, 0.5) is 5.95 Å². The Labute approximate surface area is 205 Å². The molecule has 1 aliphatic heterocycles. The van der Waals surface area contributed by atoms with E-state index in [2.05, 4.69) is 22.0 Å². The molecule has 0 N–H and O–H groups in total. The van der Waals surface area contributed by atoms with Gasteiger partial charge >= 0.3 is 0 Å². The Balaban J connectivity index is 1.32. The second-order valence-corrected chi connectivity index (χ2v) is 9.21. The number of pyridine rings is 1. The van der Waals surface area contributed by atoms with E-state index in [-0.39, 0.29) is 11.8 Å². The SMILES string of the molecule is CCOc1ccc2nc(N3CCC[C@@H](C(=O)N(C)Cc4cccc5cnccc45)C3)nc(C)c2c1. The molecule has 0 radical (unpaired) electrons. The molecule has 180 valence electrons. The van der Waals surface area contributed by atoms with Crippen molar-refractivity contribution >= 4 is 33.5 Å². The maximum Gasteiger partial charge on any atom is 0.227 e. The highest BCUT2D eigenvalue weighted by Crippen LogP contribution is 2.27. The van der Waals surface area contributed by atoms with Crippen molar-refractivity contribution in [2.24, 2.45) is 5.92 Å². The van der Waals surface area contributed by atoms with Gasteiger partial charge in [-0.3, -0.25) is 9.78 Å². The fourth-order valence-corrected chi connectivity index (χ4v) is 4.98. The number of hydrogen-bond acceptors (Lipinski definition) is 6. The third-order valence-corrected chi connectivity index (χ3v) is 6.77. The summed E-state index contributed by atoms with van der Waals surface area (Å²) < 4.78 is 5.63. The summed E-state index contributed by atoms with van der Waals surface area (Å²) >= 11 is 0. The highest BCUT2D eigenvalue weighted by Gasteiger charge is 2.29. The zero-order chi connectivity index (χ0) is 24.4. The number of aryl methyl sites for hydroxylation is 1. The van der Waals surface area contributed by atoms with Crippen LogP contribution in [0, 0.1) is 12.8 Å². The molecule has 1 amide bonds. The number of fused-ring (bicyclic) bond motifs is 2. The third-order valence-electron chi connectivity index (χ3n) is 6.77. The van der Waals surface area contributed by atoms with E-state index in [4.69, 9.17) is 14.7 Å². The number of carbonyl (C=O) groups is 1. The largest absolute Gasteiger partial charge is 0.494 e. The first-order valence-electron chi connectivity index (χ1n) is 12.3. The van der Waals surface area contributed by atoms with Crippen molar-refractivity contribution in [2.45, 2.75) is 33.2 Å². The first kappa shape index (κ1) is 23.0. The maximum atomic E-state index is 13.4. The van der Waals surface area contributed by atoms with Crippen LogP contribution in [0.2, 0.25) is 0 Å². The molecule has 1 fully saturated rings. The number of anilines is 1. The molecule has 35 heavy (non-hydrogen) atoms. The molecule has 2 aromatic carbocycles. The Morgan fingerprint density at radius 1 is 1.17 bits per heavy atom. The molecule has 5 rings (SSSR count). The maximum absolute atomic E-state index is 13.4. The minimum Gasteiger partial charge on any atom is -0.494 e. The molecule has 4 aromatic rings. The van der Waals surface area contributed by atoms with Crippen molar-refractivity contribution in [3.8, 4) is 5.75 Å². The second kappa shape index (κ2) is 9.86. The van der Waals surface area contributed by atoms with Crippen LogP contribution in [-0.2, 0) is 11.3 Å². The number of hydrogen-bond donors (Lipinski definition) is 0. The molecule has 7 nitrogen and oxygen atoms in total. The van der Waals surface area contributed by atoms with Gasteiger partial charge in [0, 0.05) is 49.8 Å². The van der Waals surface area contributed by atoms with Gasteiger partial charge in [0.05, 0.1) is 23.7 Å². The Kier molecular flexibility index (Phi) is 6.49. The lowest BCUT2D eigenvalue weighted by Crippen LogP contribution is -2.44. The smallest absolute Gasteiger partial charge is 0.227 e. The number of aromatic nitrogens is 3. The van der Waals surface area contributed by atoms with E-state index in [9.17, 15) is 4.79 Å². The van der Waals surface area contributed by atoms with Gasteiger partial charge in [0.2, 0.25) is 11.9 Å². The lowest BCUT2D eigenvalue weighted by atomic mass is 9.96. The Bertz CT molecular complexity index is 1370. The average molecular weight is 470 g/mol. The van der Waals surface area contributed by atoms with Crippen LogP contribution in [0.15, 0.2) is 54.9 Å². The first-order chi connectivity index (χ1) is 17.0. The average Bonchev–Trinajstić information content (AvgIpc) is 2.89. The van der Waals surface area contributed by atoms with Gasteiger partial charge in [-0.25, -0.2) is 9.97 Å². The summed E-state index contributed by atoms with van der Waals surface area (Å²) in [5, 5.41) is 3.22. The van der Waals surface area contributed by atoms with Gasteiger partial charge in [0.15, 0.2) is 0 Å². The van der Waals surface area contributed by atoms with E-state index in [1.165, 1.54) is 0 Å². The van der Waals surface area contributed by atoms with E-state index in [1.807, 2.05) is 62.3 Å². The topological polar surface area (TPSA) is 71.5 Å². The van der Waals surface area contributed by atoms with Crippen LogP contribution >= 0.6 is 0 Å². The van der Waals surface area contributed by atoms with E-state index < -0.39 is 0 Å². The third kappa shape index (κ3) is 4.76. The zero-order valence-electron chi connectivity index (χ0n) is 20.6. The van der Waals surface area contributed by atoms with Crippen LogP contribution < -0.4 is 9.64 Å². The van der Waals surface area contributed by atoms with Crippen molar-refractivity contribution in [3.05, 3.63) is 66.1 Å². The van der Waals surface area contributed by atoms with Gasteiger partial charge < -0.3 is 14.5 Å². The molecule has 2 aromatic heterocycles. The molecule has 0 aliphatic carbocycles. The minimum atomic E-state index is -0.0784. The Morgan fingerprint density at radius 3 is 2.91 bits per heavy atom. The predicted octanol–water partition coefficient (Wildman–Crippen LogP) is 4.76. The highest BCUT2D eigenvalue weighted by atomic mass is 16.5. The van der Waals surface area contributed by atoms with Crippen LogP contribution in [0.1, 0.15) is 31.0 Å². The van der Waals surface area contributed by atoms with Gasteiger partial charge in [-0.05, 0) is 61.9 Å². The lowest BCUT2D eigenvalue weighted by molar-refractivity contribution is -0.135. The van der Waals surface area contributed by atoms with Crippen molar-refractivity contribution in [3.63, 3.8) is 0 Å². The van der Waals surface area contributed by atoms with E-state index >= 15 is 0 Å². The summed E-state index contributed by atoms with van der Waals surface area (Å²) in [7, 11) is 1.90. The van der Waals surface area contributed by atoms with Crippen molar-refractivity contribution in [2.75, 3.05) is 31.6 Å². The second-order valence-electron chi connectivity index (χ2n) is 9.21. The van der Waals surface area contributed by atoms with E-state index in [1.54, 1.807) is 6.20 Å². The van der Waals surface area contributed by atoms with Crippen LogP contribution in [-0.4, -0.2) is 52.5 Å². The first-order valence-corrected chi connectivity index (χ1v) is 12.3. The monoisotopic (exact) mass is 469 g/mol. The number of piperidine rings is 1. The van der Waals surface area contributed by atoms with Crippen molar-refractivity contribution in [1.29, 1.82) is 0 Å². The summed E-state index contributed by atoms with van der Waals surface area (Å²) in [4.78, 5) is 31.3. The lowest BCUT2D eigenvalue weighted by Gasteiger charge is -2.34. The molecule has 0 saturated carbocycles. The zero-order valence-corrected chi connectivity index (χ0v) is 20.6. The fourth-order valence-electron chi connectivity index (χ4n) is 4.98. The van der Waals surface area contributed by atoms with Gasteiger partial charge in [-0.2, -0.15) is 0 Å². The number of amides is 1. The number of rotatable bonds is 6. The molecule has 1 atom stereocenters.